The third-order valence-electron chi connectivity index (χ3n) is 6.03. The summed E-state index contributed by atoms with van der Waals surface area (Å²) in [5.41, 5.74) is 0.689. The maximum Gasteiger partial charge on any atom is 0.515 e. The van der Waals surface area contributed by atoms with Crippen LogP contribution in [0.2, 0.25) is 10.0 Å². The van der Waals surface area contributed by atoms with E-state index in [0.29, 0.717) is 22.3 Å². The highest BCUT2D eigenvalue weighted by atomic mass is 35.6. The van der Waals surface area contributed by atoms with Gasteiger partial charge in [0, 0.05) is 25.6 Å². The minimum absolute atomic E-state index is 0.124. The van der Waals surface area contributed by atoms with Gasteiger partial charge in [0.25, 0.3) is 0 Å². The number of nitrogens with zero attached hydrogens (tertiary/aromatic N) is 1. The van der Waals surface area contributed by atoms with Crippen molar-refractivity contribution in [2.75, 3.05) is 38.7 Å². The van der Waals surface area contributed by atoms with E-state index in [9.17, 15) is 19.2 Å². The number of ether oxygens (including phenoxy) is 5. The van der Waals surface area contributed by atoms with E-state index in [1.807, 2.05) is 6.07 Å². The molecule has 272 valence electrons. The number of benzene rings is 2. The molecule has 0 spiro atoms. The molecule has 1 fully saturated rings. The van der Waals surface area contributed by atoms with Crippen LogP contribution < -0.4 is 10.6 Å². The quantitative estimate of drug-likeness (QED) is 0.171. The van der Waals surface area contributed by atoms with Crippen LogP contribution in [0.15, 0.2) is 42.5 Å². The van der Waals surface area contributed by atoms with Crippen molar-refractivity contribution in [2.24, 2.45) is 0 Å². The molecule has 1 saturated heterocycles. The van der Waals surface area contributed by atoms with Crippen molar-refractivity contribution in [1.29, 1.82) is 0 Å². The van der Waals surface area contributed by atoms with Gasteiger partial charge in [-0.25, -0.2) is 19.2 Å². The van der Waals surface area contributed by atoms with Gasteiger partial charge in [0.05, 0.1) is 41.1 Å². The van der Waals surface area contributed by atoms with Crippen molar-refractivity contribution in [2.45, 2.75) is 46.4 Å². The van der Waals surface area contributed by atoms with E-state index in [-0.39, 0.29) is 31.2 Å². The number of alkyl halides is 6. The molecule has 49 heavy (non-hydrogen) atoms. The van der Waals surface area contributed by atoms with E-state index >= 15 is 0 Å². The smallest absolute Gasteiger partial charge is 0.465 e. The lowest BCUT2D eigenvalue weighted by Gasteiger charge is -2.30. The standard InChI is InChI=1S/C26H31Cl2N3O6.C3Cl6O3/c1-26(2,3)37-25(34)31-11-12-36-22(18(15-31)16-9-10-19(27)20(28)13-16)14-29-24(33)30-21-8-6-5-7-17(21)23(32)35-4;4-2(5,6)11-1(10)12-3(7,8)9/h5-10,13,18,22H,11-12,14-15H2,1-4H3,(H2,29,30,33);. The highest BCUT2D eigenvalue weighted by molar-refractivity contribution is 6.67. The number of halogens is 8. The number of rotatable bonds is 5. The van der Waals surface area contributed by atoms with Crippen LogP contribution in [0, 0.1) is 0 Å². The monoisotopic (exact) mass is 845 g/mol. The first-order valence-corrected chi connectivity index (χ1v) is 16.9. The number of esters is 1. The molecule has 2 unspecified atom stereocenters. The second-order valence-corrected chi connectivity index (χ2v) is 16.0. The number of carbonyl (C=O) groups is 4. The second-order valence-electron chi connectivity index (χ2n) is 10.8. The number of urea groups is 1. The predicted octanol–water partition coefficient (Wildman–Crippen LogP) is 9.12. The zero-order valence-electron chi connectivity index (χ0n) is 26.2. The average molecular weight is 849 g/mol. The fourth-order valence-electron chi connectivity index (χ4n) is 4.08. The van der Waals surface area contributed by atoms with E-state index in [0.717, 1.165) is 5.56 Å². The normalized spacial score (nSPS) is 16.6. The SMILES string of the molecule is COC(=O)c1ccccc1NC(=O)NCC1OCCN(C(=O)OC(C)(C)C)CC1c1ccc(Cl)c(Cl)c1.O=C(OC(Cl)(Cl)Cl)OC(Cl)(Cl)Cl. The van der Waals surface area contributed by atoms with Crippen LogP contribution in [0.5, 0.6) is 0 Å². The van der Waals surface area contributed by atoms with Gasteiger partial charge in [-0.1, -0.05) is 41.4 Å². The first-order valence-electron chi connectivity index (χ1n) is 13.9. The van der Waals surface area contributed by atoms with Gasteiger partial charge in [0.1, 0.15) is 5.60 Å². The molecule has 12 nitrogen and oxygen atoms in total. The van der Waals surface area contributed by atoms with Gasteiger partial charge in [-0.3, -0.25) is 0 Å². The fourth-order valence-corrected chi connectivity index (χ4v) is 4.77. The van der Waals surface area contributed by atoms with E-state index in [1.54, 1.807) is 62.1 Å². The molecule has 3 rings (SSSR count). The van der Waals surface area contributed by atoms with Gasteiger partial charge in [-0.2, -0.15) is 0 Å². The largest absolute Gasteiger partial charge is 0.515 e. The van der Waals surface area contributed by atoms with Crippen molar-refractivity contribution in [3.63, 3.8) is 0 Å². The number of amides is 3. The van der Waals surface area contributed by atoms with Gasteiger partial charge in [0.2, 0.25) is 0 Å². The molecule has 1 aliphatic heterocycles. The van der Waals surface area contributed by atoms with Crippen LogP contribution in [0.3, 0.4) is 0 Å². The molecule has 2 aromatic rings. The zero-order chi connectivity index (χ0) is 37.2. The maximum absolute atomic E-state index is 12.8. The summed E-state index contributed by atoms with van der Waals surface area (Å²) in [5.74, 6) is -0.905. The molecule has 20 heteroatoms. The molecular formula is C29H31Cl8N3O9. The summed E-state index contributed by atoms with van der Waals surface area (Å²) in [7, 11) is 1.27. The average Bonchev–Trinajstić information content (AvgIpc) is 3.18. The molecule has 0 aromatic heterocycles. The summed E-state index contributed by atoms with van der Waals surface area (Å²) in [6, 6.07) is 11.2. The molecule has 0 aliphatic carbocycles. The van der Waals surface area contributed by atoms with E-state index in [1.165, 1.54) is 7.11 Å². The minimum atomic E-state index is -2.24. The molecule has 1 aliphatic rings. The van der Waals surface area contributed by atoms with Crippen LogP contribution in [0.1, 0.15) is 42.6 Å². The first kappa shape index (κ1) is 43.2. The van der Waals surface area contributed by atoms with E-state index in [4.69, 9.17) is 107 Å². The van der Waals surface area contributed by atoms with Crippen LogP contribution >= 0.6 is 92.8 Å². The Balaban J connectivity index is 0.000000591. The molecule has 2 aromatic carbocycles. The molecule has 1 heterocycles. The van der Waals surface area contributed by atoms with Gasteiger partial charge < -0.3 is 39.2 Å². The molecule has 2 atom stereocenters. The van der Waals surface area contributed by atoms with Crippen molar-refractivity contribution in [3.05, 3.63) is 63.6 Å². The number of nitrogens with one attached hydrogen (secondary N) is 2. The topological polar surface area (TPSA) is 142 Å². The molecule has 3 amide bonds. The Morgan fingerprint density at radius 3 is 2.06 bits per heavy atom. The highest BCUT2D eigenvalue weighted by Gasteiger charge is 2.34. The lowest BCUT2D eigenvalue weighted by atomic mass is 9.92. The fraction of sp³-hybridized carbons (Fsp3) is 0.448. The van der Waals surface area contributed by atoms with Crippen LogP contribution in [-0.2, 0) is 23.7 Å². The number of hydrogen-bond donors (Lipinski definition) is 2. The Bertz CT molecular complexity index is 1450. The number of methoxy groups -OCH3 is 1. The Labute approximate surface area is 322 Å². The molecule has 0 radical (unpaired) electrons. The van der Waals surface area contributed by atoms with Crippen LogP contribution in [0.4, 0.5) is 20.1 Å². The minimum Gasteiger partial charge on any atom is -0.465 e. The third kappa shape index (κ3) is 16.3. The summed E-state index contributed by atoms with van der Waals surface area (Å²) in [6.07, 6.45) is -2.35. The lowest BCUT2D eigenvalue weighted by Crippen LogP contribution is -2.42. The van der Waals surface area contributed by atoms with E-state index < -0.39 is 43.9 Å². The second kappa shape index (κ2) is 19.0. The van der Waals surface area contributed by atoms with Gasteiger partial charge in [0.15, 0.2) is 0 Å². The predicted molar refractivity (Wildman–Crippen MR) is 190 cm³/mol. The zero-order valence-corrected chi connectivity index (χ0v) is 32.2. The van der Waals surface area contributed by atoms with E-state index in [2.05, 4.69) is 20.1 Å². The molecular weight excluding hydrogens is 818 g/mol. The summed E-state index contributed by atoms with van der Waals surface area (Å²) >= 11 is 42.6. The number of carbonyl (C=O) groups excluding carboxylic acids is 4. The van der Waals surface area contributed by atoms with Gasteiger partial charge in [-0.05, 0) is 120 Å². The van der Waals surface area contributed by atoms with Crippen LogP contribution in [0.25, 0.3) is 0 Å². The Morgan fingerprint density at radius 1 is 0.898 bits per heavy atom. The summed E-state index contributed by atoms with van der Waals surface area (Å²) in [4.78, 5) is 49.7. The van der Waals surface area contributed by atoms with Crippen molar-refractivity contribution in [1.82, 2.24) is 10.2 Å². The Hall–Kier alpha value is -2.00. The number of para-hydroxylation sites is 1. The van der Waals surface area contributed by atoms with Crippen molar-refractivity contribution in [3.8, 4) is 0 Å². The first-order chi connectivity index (χ1) is 22.6. The van der Waals surface area contributed by atoms with Crippen LogP contribution in [-0.4, -0.2) is 82.2 Å². The lowest BCUT2D eigenvalue weighted by molar-refractivity contribution is 0.0232. The summed E-state index contributed by atoms with van der Waals surface area (Å²) in [6.45, 7) is 6.39. The highest BCUT2D eigenvalue weighted by Crippen LogP contribution is 2.33. The number of anilines is 1. The van der Waals surface area contributed by atoms with Gasteiger partial charge >= 0.3 is 32.2 Å². The van der Waals surface area contributed by atoms with Crippen molar-refractivity contribution < 1.29 is 42.9 Å². The van der Waals surface area contributed by atoms with Crippen molar-refractivity contribution >= 4 is 123 Å². The van der Waals surface area contributed by atoms with Gasteiger partial charge in [-0.15, -0.1) is 0 Å². The Morgan fingerprint density at radius 2 is 1.51 bits per heavy atom. The maximum atomic E-state index is 12.8. The Kier molecular flexibility index (Phi) is 16.7. The molecule has 2 N–H and O–H groups in total. The third-order valence-corrected chi connectivity index (χ3v) is 7.23. The molecule has 0 saturated carbocycles. The summed E-state index contributed by atoms with van der Waals surface area (Å²) in [5, 5.41) is 6.25. The summed E-state index contributed by atoms with van der Waals surface area (Å²) < 4.78 is 19.9. The number of hydrogen-bond acceptors (Lipinski definition) is 9. The molecule has 0 bridgehead atoms.